The number of rotatable bonds is 4. The van der Waals surface area contributed by atoms with Crippen molar-refractivity contribution in [1.82, 2.24) is 0 Å². The average molecular weight is 261 g/mol. The smallest absolute Gasteiger partial charge is 0.0139 e. The lowest BCUT2D eigenvalue weighted by atomic mass is 9.96. The number of aryl methyl sites for hydroxylation is 1. The summed E-state index contributed by atoms with van der Waals surface area (Å²) in [5.41, 5.74) is 1.37. The fourth-order valence-electron chi connectivity index (χ4n) is 2.86. The zero-order valence-electron chi connectivity index (χ0n) is 12.3. The monoisotopic (exact) mass is 261 g/mol. The maximum absolute atomic E-state index is 3.45. The van der Waals surface area contributed by atoms with Gasteiger partial charge in [-0.1, -0.05) is 56.7 Å². The first kappa shape index (κ1) is 13.2. The van der Waals surface area contributed by atoms with Gasteiger partial charge in [0.05, 0.1) is 0 Å². The lowest BCUT2D eigenvalue weighted by Gasteiger charge is -2.09. The largest absolute Gasteiger partial charge is 0.0628 e. The summed E-state index contributed by atoms with van der Waals surface area (Å²) in [6.45, 7) is 4.58. The molecule has 0 aliphatic heterocycles. The minimum absolute atomic E-state index is 0.783. The molecule has 0 aliphatic rings. The van der Waals surface area contributed by atoms with E-state index in [0.29, 0.717) is 0 Å². The second-order valence-electron chi connectivity index (χ2n) is 6.03. The molecule has 0 heteroatoms. The van der Waals surface area contributed by atoms with Crippen LogP contribution in [0.15, 0.2) is 48.5 Å². The van der Waals surface area contributed by atoms with E-state index in [1.54, 1.807) is 0 Å². The van der Waals surface area contributed by atoms with Gasteiger partial charge in [0, 0.05) is 0 Å². The van der Waals surface area contributed by atoms with Crippen molar-refractivity contribution in [2.45, 2.75) is 33.1 Å². The Hall–Kier alpha value is -1.82. The highest BCUT2D eigenvalue weighted by Crippen LogP contribution is 2.26. The van der Waals surface area contributed by atoms with Crippen LogP contribution in [-0.4, -0.2) is 0 Å². The lowest BCUT2D eigenvalue weighted by Crippen LogP contribution is -1.92. The van der Waals surface area contributed by atoms with Crippen LogP contribution in [0, 0.1) is 12.0 Å². The second-order valence-corrected chi connectivity index (χ2v) is 6.03. The molecule has 0 heterocycles. The summed E-state index contributed by atoms with van der Waals surface area (Å²) < 4.78 is 0. The van der Waals surface area contributed by atoms with Gasteiger partial charge in [0.25, 0.3) is 0 Å². The highest BCUT2D eigenvalue weighted by atomic mass is 14.1. The quantitative estimate of drug-likeness (QED) is 0.523. The molecule has 0 saturated heterocycles. The van der Waals surface area contributed by atoms with Gasteiger partial charge >= 0.3 is 0 Å². The summed E-state index contributed by atoms with van der Waals surface area (Å²) >= 11 is 0. The van der Waals surface area contributed by atoms with E-state index >= 15 is 0 Å². The third-order valence-electron chi connectivity index (χ3n) is 3.97. The van der Waals surface area contributed by atoms with E-state index in [0.717, 1.165) is 12.3 Å². The minimum atomic E-state index is 0.783. The Morgan fingerprint density at radius 2 is 1.70 bits per heavy atom. The van der Waals surface area contributed by atoms with Gasteiger partial charge in [-0.3, -0.25) is 0 Å². The molecule has 0 bridgehead atoms. The fourth-order valence-corrected chi connectivity index (χ4v) is 2.86. The molecule has 3 aromatic rings. The third-order valence-corrected chi connectivity index (χ3v) is 3.97. The van der Waals surface area contributed by atoms with Crippen LogP contribution < -0.4 is 0 Å². The fraction of sp³-hybridized carbons (Fsp3) is 0.300. The number of benzene rings is 3. The molecule has 0 aromatic heterocycles. The third kappa shape index (κ3) is 2.70. The second kappa shape index (κ2) is 5.66. The Morgan fingerprint density at radius 3 is 2.45 bits per heavy atom. The van der Waals surface area contributed by atoms with Gasteiger partial charge in [-0.2, -0.15) is 0 Å². The van der Waals surface area contributed by atoms with Gasteiger partial charge in [0.15, 0.2) is 0 Å². The first-order valence-electron chi connectivity index (χ1n) is 7.56. The Balaban J connectivity index is 2.01. The SMILES string of the molecule is CC(C)CCCc1[c]ccc2cc3ccccc3cc12. The first-order chi connectivity index (χ1) is 9.74. The standard InChI is InChI=1S/C20H21/c1-15(2)7-5-10-16-11-6-12-19-13-17-8-3-4-9-18(17)14-20(16)19/h3-4,6,8-9,12-15H,5,7,10H2,1-2H3. The molecule has 0 N–H and O–H groups in total. The molecule has 0 atom stereocenters. The maximum atomic E-state index is 3.45. The predicted octanol–water partition coefficient (Wildman–Crippen LogP) is 5.77. The van der Waals surface area contributed by atoms with Crippen molar-refractivity contribution in [3.63, 3.8) is 0 Å². The van der Waals surface area contributed by atoms with Crippen LogP contribution >= 0.6 is 0 Å². The zero-order chi connectivity index (χ0) is 13.9. The zero-order valence-corrected chi connectivity index (χ0v) is 12.3. The number of hydrogen-bond donors (Lipinski definition) is 0. The average Bonchev–Trinajstić information content (AvgIpc) is 2.45. The summed E-state index contributed by atoms with van der Waals surface area (Å²) in [7, 11) is 0. The summed E-state index contributed by atoms with van der Waals surface area (Å²) in [6.07, 6.45) is 3.67. The van der Waals surface area contributed by atoms with Gasteiger partial charge in [-0.25, -0.2) is 0 Å². The van der Waals surface area contributed by atoms with Crippen LogP contribution in [0.3, 0.4) is 0 Å². The van der Waals surface area contributed by atoms with Crippen LogP contribution in [-0.2, 0) is 6.42 Å². The molecule has 1 radical (unpaired) electrons. The van der Waals surface area contributed by atoms with Crippen LogP contribution in [0.2, 0.25) is 0 Å². The molecule has 3 rings (SSSR count). The van der Waals surface area contributed by atoms with E-state index in [9.17, 15) is 0 Å². The molecule has 0 saturated carbocycles. The number of hydrogen-bond acceptors (Lipinski definition) is 0. The molecule has 0 aliphatic carbocycles. The molecule has 0 unspecified atom stereocenters. The Bertz CT molecular complexity index is 722. The highest BCUT2D eigenvalue weighted by molar-refractivity contribution is 5.99. The first-order valence-corrected chi connectivity index (χ1v) is 7.56. The summed E-state index contributed by atoms with van der Waals surface area (Å²) in [5.74, 6) is 0.783. The van der Waals surface area contributed by atoms with Crippen molar-refractivity contribution in [3.8, 4) is 0 Å². The van der Waals surface area contributed by atoms with Gasteiger partial charge in [0.1, 0.15) is 0 Å². The van der Waals surface area contributed by atoms with Crippen LogP contribution in [0.5, 0.6) is 0 Å². The van der Waals surface area contributed by atoms with E-state index in [2.05, 4.69) is 68.4 Å². The summed E-state index contributed by atoms with van der Waals surface area (Å²) in [4.78, 5) is 0. The van der Waals surface area contributed by atoms with Crippen molar-refractivity contribution >= 4 is 21.5 Å². The van der Waals surface area contributed by atoms with Gasteiger partial charge in [0.2, 0.25) is 0 Å². The molecule has 0 nitrogen and oxygen atoms in total. The maximum Gasteiger partial charge on any atom is -0.0139 e. The minimum Gasteiger partial charge on any atom is -0.0628 e. The van der Waals surface area contributed by atoms with E-state index in [-0.39, 0.29) is 0 Å². The van der Waals surface area contributed by atoms with Gasteiger partial charge in [-0.15, -0.1) is 0 Å². The van der Waals surface area contributed by atoms with E-state index in [1.165, 1.54) is 39.9 Å². The van der Waals surface area contributed by atoms with Crippen LogP contribution in [0.4, 0.5) is 0 Å². The van der Waals surface area contributed by atoms with Crippen molar-refractivity contribution in [3.05, 3.63) is 60.2 Å². The lowest BCUT2D eigenvalue weighted by molar-refractivity contribution is 0.556. The molecule has 20 heavy (non-hydrogen) atoms. The van der Waals surface area contributed by atoms with Gasteiger partial charge in [-0.05, 0) is 64.1 Å². The van der Waals surface area contributed by atoms with Crippen molar-refractivity contribution < 1.29 is 0 Å². The van der Waals surface area contributed by atoms with E-state index < -0.39 is 0 Å². The Labute approximate surface area is 121 Å². The van der Waals surface area contributed by atoms with Crippen molar-refractivity contribution in [2.75, 3.05) is 0 Å². The van der Waals surface area contributed by atoms with Crippen molar-refractivity contribution in [1.29, 1.82) is 0 Å². The Kier molecular flexibility index (Phi) is 3.73. The molecule has 101 valence electrons. The topological polar surface area (TPSA) is 0 Å². The predicted molar refractivity (Wildman–Crippen MR) is 88.1 cm³/mol. The highest BCUT2D eigenvalue weighted by Gasteiger charge is 2.04. The van der Waals surface area contributed by atoms with Crippen molar-refractivity contribution in [2.24, 2.45) is 5.92 Å². The van der Waals surface area contributed by atoms with Crippen LogP contribution in [0.1, 0.15) is 32.3 Å². The molecule has 3 aromatic carbocycles. The molecule has 0 amide bonds. The summed E-state index contributed by atoms with van der Waals surface area (Å²) in [6, 6.07) is 20.9. The summed E-state index contributed by atoms with van der Waals surface area (Å²) in [5, 5.41) is 5.35. The molecular weight excluding hydrogens is 240 g/mol. The van der Waals surface area contributed by atoms with E-state index in [1.807, 2.05) is 0 Å². The Morgan fingerprint density at radius 1 is 0.950 bits per heavy atom. The molecular formula is C20H21. The molecule has 0 fully saturated rings. The van der Waals surface area contributed by atoms with Gasteiger partial charge < -0.3 is 0 Å². The normalized spacial score (nSPS) is 11.6. The molecule has 0 spiro atoms. The van der Waals surface area contributed by atoms with E-state index in [4.69, 9.17) is 0 Å². The van der Waals surface area contributed by atoms with Crippen LogP contribution in [0.25, 0.3) is 21.5 Å². The number of fused-ring (bicyclic) bond motifs is 2.